The number of para-hydroxylation sites is 1. The molecule has 0 saturated carbocycles. The first kappa shape index (κ1) is 9.06. The molecule has 1 aromatic carbocycles. The van der Waals surface area contributed by atoms with Gasteiger partial charge in [0.2, 0.25) is 0 Å². The van der Waals surface area contributed by atoms with Crippen molar-refractivity contribution in [1.82, 2.24) is 4.90 Å². The molecular formula is C11H14N2O. The van der Waals surface area contributed by atoms with Gasteiger partial charge < -0.3 is 4.90 Å². The van der Waals surface area contributed by atoms with E-state index in [1.807, 2.05) is 39.2 Å². The van der Waals surface area contributed by atoms with Crippen molar-refractivity contribution in [3.05, 3.63) is 29.8 Å². The van der Waals surface area contributed by atoms with Crippen LogP contribution in [0.5, 0.6) is 0 Å². The summed E-state index contributed by atoms with van der Waals surface area (Å²) in [6.45, 7) is 2.05. The summed E-state index contributed by atoms with van der Waals surface area (Å²) in [5, 5.41) is 0. The molecule has 1 heterocycles. The summed E-state index contributed by atoms with van der Waals surface area (Å²) in [7, 11) is 3.64. The molecule has 0 radical (unpaired) electrons. The molecule has 1 aromatic rings. The predicted octanol–water partition coefficient (Wildman–Crippen LogP) is 2.25. The quantitative estimate of drug-likeness (QED) is 0.615. The number of rotatable bonds is 0. The highest BCUT2D eigenvalue weighted by Gasteiger charge is 2.29. The Morgan fingerprint density at radius 3 is 2.57 bits per heavy atom. The van der Waals surface area contributed by atoms with Crippen molar-refractivity contribution >= 4 is 11.7 Å². The number of hydrogen-bond donors (Lipinski definition) is 0. The second-order valence-electron chi connectivity index (χ2n) is 3.69. The fraction of sp³-hybridized carbons (Fsp3) is 0.364. The molecule has 0 saturated heterocycles. The van der Waals surface area contributed by atoms with Gasteiger partial charge in [0.25, 0.3) is 0 Å². The Labute approximate surface area is 83.9 Å². The van der Waals surface area contributed by atoms with Gasteiger partial charge in [-0.3, -0.25) is 4.90 Å². The monoisotopic (exact) mass is 190 g/mol. The molecule has 0 aromatic heterocycles. The van der Waals surface area contributed by atoms with Crippen LogP contribution in [0.3, 0.4) is 0 Å². The van der Waals surface area contributed by atoms with Crippen molar-refractivity contribution in [1.29, 1.82) is 0 Å². The molecule has 2 rings (SSSR count). The Balaban J connectivity index is 2.56. The molecular weight excluding hydrogens is 176 g/mol. The van der Waals surface area contributed by atoms with Gasteiger partial charge in [-0.25, -0.2) is 4.79 Å². The molecule has 74 valence electrons. The Morgan fingerprint density at radius 1 is 1.21 bits per heavy atom. The highest BCUT2D eigenvalue weighted by Crippen LogP contribution is 2.33. The minimum absolute atomic E-state index is 0.0520. The lowest BCUT2D eigenvalue weighted by Crippen LogP contribution is -2.44. The minimum atomic E-state index is 0.0520. The van der Waals surface area contributed by atoms with Gasteiger partial charge in [-0.15, -0.1) is 0 Å². The number of nitrogens with zero attached hydrogens (tertiary/aromatic N) is 2. The first-order valence-corrected chi connectivity index (χ1v) is 4.72. The van der Waals surface area contributed by atoms with Crippen LogP contribution in [-0.4, -0.2) is 25.0 Å². The second-order valence-corrected chi connectivity index (χ2v) is 3.69. The Hall–Kier alpha value is -1.51. The van der Waals surface area contributed by atoms with Crippen molar-refractivity contribution in [3.8, 4) is 0 Å². The van der Waals surface area contributed by atoms with E-state index in [4.69, 9.17) is 0 Å². The molecule has 0 fully saturated rings. The summed E-state index contributed by atoms with van der Waals surface area (Å²) < 4.78 is 0. The van der Waals surface area contributed by atoms with Crippen LogP contribution in [0.25, 0.3) is 0 Å². The third-order valence-electron chi connectivity index (χ3n) is 2.92. The standard InChI is InChI=1S/C11H14N2O/c1-8-9-6-4-5-7-10(9)13(3)11(14)12(8)2/h4-8H,1-3H3. The Kier molecular flexibility index (Phi) is 1.95. The molecule has 1 aliphatic heterocycles. The predicted molar refractivity (Wildman–Crippen MR) is 56.4 cm³/mol. The highest BCUT2D eigenvalue weighted by molar-refractivity contribution is 5.94. The summed E-state index contributed by atoms with van der Waals surface area (Å²) in [4.78, 5) is 15.2. The molecule has 2 amide bonds. The number of urea groups is 1. The maximum atomic E-state index is 11.8. The van der Waals surface area contributed by atoms with Crippen molar-refractivity contribution in [3.63, 3.8) is 0 Å². The number of hydrogen-bond acceptors (Lipinski definition) is 1. The third kappa shape index (κ3) is 1.09. The van der Waals surface area contributed by atoms with E-state index in [-0.39, 0.29) is 12.1 Å². The van der Waals surface area contributed by atoms with Crippen LogP contribution in [0, 0.1) is 0 Å². The highest BCUT2D eigenvalue weighted by atomic mass is 16.2. The van der Waals surface area contributed by atoms with E-state index in [1.165, 1.54) is 5.56 Å². The van der Waals surface area contributed by atoms with Gasteiger partial charge in [0, 0.05) is 14.1 Å². The van der Waals surface area contributed by atoms with Gasteiger partial charge in [0.1, 0.15) is 0 Å². The zero-order valence-corrected chi connectivity index (χ0v) is 8.69. The molecule has 1 atom stereocenters. The largest absolute Gasteiger partial charge is 0.324 e. The van der Waals surface area contributed by atoms with E-state index in [1.54, 1.807) is 9.80 Å². The lowest BCUT2D eigenvalue weighted by molar-refractivity contribution is 0.198. The molecule has 0 N–H and O–H groups in total. The normalized spacial score (nSPS) is 21.1. The SMILES string of the molecule is CC1c2ccccc2N(C)C(=O)N1C. The molecule has 0 aliphatic carbocycles. The third-order valence-corrected chi connectivity index (χ3v) is 2.92. The fourth-order valence-electron chi connectivity index (χ4n) is 1.86. The van der Waals surface area contributed by atoms with Crippen LogP contribution >= 0.6 is 0 Å². The van der Waals surface area contributed by atoms with E-state index in [9.17, 15) is 4.79 Å². The summed E-state index contributed by atoms with van der Waals surface area (Å²) in [6.07, 6.45) is 0. The number of benzene rings is 1. The first-order chi connectivity index (χ1) is 6.63. The fourth-order valence-corrected chi connectivity index (χ4v) is 1.86. The van der Waals surface area contributed by atoms with E-state index in [0.717, 1.165) is 5.69 Å². The Bertz CT molecular complexity index is 375. The second kappa shape index (κ2) is 3.01. The maximum absolute atomic E-state index is 11.8. The minimum Gasteiger partial charge on any atom is -0.321 e. The van der Waals surface area contributed by atoms with Crippen LogP contribution in [0.2, 0.25) is 0 Å². The summed E-state index contributed by atoms with van der Waals surface area (Å²) in [5.41, 5.74) is 2.22. The van der Waals surface area contributed by atoms with Gasteiger partial charge in [-0.05, 0) is 18.6 Å². The van der Waals surface area contributed by atoms with Crippen LogP contribution in [0.1, 0.15) is 18.5 Å². The summed E-state index contributed by atoms with van der Waals surface area (Å²) in [6, 6.07) is 8.23. The van der Waals surface area contributed by atoms with E-state index in [0.29, 0.717) is 0 Å². The Morgan fingerprint density at radius 2 is 1.86 bits per heavy atom. The van der Waals surface area contributed by atoms with Crippen molar-refractivity contribution < 1.29 is 4.79 Å². The number of fused-ring (bicyclic) bond motifs is 1. The van der Waals surface area contributed by atoms with Gasteiger partial charge in [0.15, 0.2) is 0 Å². The lowest BCUT2D eigenvalue weighted by atomic mass is 10.0. The van der Waals surface area contributed by atoms with E-state index in [2.05, 4.69) is 6.07 Å². The van der Waals surface area contributed by atoms with Crippen LogP contribution in [-0.2, 0) is 0 Å². The number of anilines is 1. The molecule has 0 spiro atoms. The molecule has 1 unspecified atom stereocenters. The van der Waals surface area contributed by atoms with Gasteiger partial charge in [-0.2, -0.15) is 0 Å². The number of amides is 2. The molecule has 0 bridgehead atoms. The maximum Gasteiger partial charge on any atom is 0.324 e. The van der Waals surface area contributed by atoms with Crippen LogP contribution < -0.4 is 4.90 Å². The molecule has 14 heavy (non-hydrogen) atoms. The van der Waals surface area contributed by atoms with Gasteiger partial charge in [-0.1, -0.05) is 18.2 Å². The van der Waals surface area contributed by atoms with Crippen LogP contribution in [0.15, 0.2) is 24.3 Å². The smallest absolute Gasteiger partial charge is 0.321 e. The molecule has 3 nitrogen and oxygen atoms in total. The molecule has 1 aliphatic rings. The van der Waals surface area contributed by atoms with Gasteiger partial charge >= 0.3 is 6.03 Å². The van der Waals surface area contributed by atoms with Gasteiger partial charge in [0.05, 0.1) is 11.7 Å². The number of carbonyl (C=O) groups is 1. The zero-order chi connectivity index (χ0) is 10.3. The van der Waals surface area contributed by atoms with Crippen molar-refractivity contribution in [2.45, 2.75) is 13.0 Å². The molecule has 3 heteroatoms. The van der Waals surface area contributed by atoms with E-state index < -0.39 is 0 Å². The van der Waals surface area contributed by atoms with Crippen molar-refractivity contribution in [2.24, 2.45) is 0 Å². The zero-order valence-electron chi connectivity index (χ0n) is 8.69. The summed E-state index contributed by atoms with van der Waals surface area (Å²) >= 11 is 0. The average Bonchev–Trinajstić information content (AvgIpc) is 2.23. The number of carbonyl (C=O) groups excluding carboxylic acids is 1. The van der Waals surface area contributed by atoms with Crippen molar-refractivity contribution in [2.75, 3.05) is 19.0 Å². The lowest BCUT2D eigenvalue weighted by Gasteiger charge is -2.37. The summed E-state index contributed by atoms with van der Waals surface area (Å²) in [5.74, 6) is 0. The van der Waals surface area contributed by atoms with Crippen LogP contribution in [0.4, 0.5) is 10.5 Å². The van der Waals surface area contributed by atoms with E-state index >= 15 is 0 Å². The first-order valence-electron chi connectivity index (χ1n) is 4.72. The average molecular weight is 190 g/mol. The topological polar surface area (TPSA) is 23.6 Å².